The summed E-state index contributed by atoms with van der Waals surface area (Å²) < 4.78 is 13.1. The molecule has 3 heteroatoms. The van der Waals surface area contributed by atoms with Gasteiger partial charge in [-0.15, -0.1) is 0 Å². The zero-order chi connectivity index (χ0) is 9.68. The van der Waals surface area contributed by atoms with Gasteiger partial charge in [-0.2, -0.15) is 0 Å². The Morgan fingerprint density at radius 3 is 2.85 bits per heavy atom. The number of benzene rings is 1. The monoisotopic (exact) mass is 260 g/mol. The van der Waals surface area contributed by atoms with Gasteiger partial charge in [0.1, 0.15) is 5.82 Å². The van der Waals surface area contributed by atoms with Crippen molar-refractivity contribution in [2.75, 3.05) is 5.33 Å². The molecule has 0 saturated heterocycles. The molecule has 0 unspecified atom stereocenters. The lowest BCUT2D eigenvalue weighted by atomic mass is 10.2. The van der Waals surface area contributed by atoms with Crippen LogP contribution >= 0.6 is 27.5 Å². The Morgan fingerprint density at radius 1 is 1.46 bits per heavy atom. The standard InChI is InChI=1S/C10H7BrClF/c11-7-2-1-4-8-9(12)5-3-6-10(8)13/h3,5-6H,2,7H2. The average Bonchev–Trinajstić information content (AvgIpc) is 2.10. The predicted molar refractivity (Wildman–Crippen MR) is 56.7 cm³/mol. The molecule has 0 bridgehead atoms. The lowest BCUT2D eigenvalue weighted by Crippen LogP contribution is -1.84. The molecule has 0 heterocycles. The zero-order valence-electron chi connectivity index (χ0n) is 6.78. The highest BCUT2D eigenvalue weighted by Gasteiger charge is 2.01. The molecule has 0 aliphatic carbocycles. The maximum atomic E-state index is 13.1. The average molecular weight is 262 g/mol. The lowest BCUT2D eigenvalue weighted by Gasteiger charge is -1.95. The van der Waals surface area contributed by atoms with Gasteiger partial charge < -0.3 is 0 Å². The minimum Gasteiger partial charge on any atom is -0.206 e. The van der Waals surface area contributed by atoms with Gasteiger partial charge in [0.25, 0.3) is 0 Å². The molecular weight excluding hydrogens is 254 g/mol. The second-order valence-electron chi connectivity index (χ2n) is 2.34. The highest BCUT2D eigenvalue weighted by Crippen LogP contribution is 2.17. The van der Waals surface area contributed by atoms with Gasteiger partial charge in [-0.25, -0.2) is 4.39 Å². The van der Waals surface area contributed by atoms with Crippen molar-refractivity contribution in [2.24, 2.45) is 0 Å². The molecule has 1 aromatic rings. The van der Waals surface area contributed by atoms with Crippen molar-refractivity contribution in [1.82, 2.24) is 0 Å². The Bertz CT molecular complexity index is 331. The summed E-state index contributed by atoms with van der Waals surface area (Å²) in [6.45, 7) is 0. The van der Waals surface area contributed by atoms with Gasteiger partial charge in [-0.05, 0) is 12.1 Å². The first kappa shape index (κ1) is 10.6. The van der Waals surface area contributed by atoms with E-state index in [1.54, 1.807) is 12.1 Å². The van der Waals surface area contributed by atoms with Crippen LogP contribution in [0.15, 0.2) is 18.2 Å². The summed E-state index contributed by atoms with van der Waals surface area (Å²) in [7, 11) is 0. The van der Waals surface area contributed by atoms with Gasteiger partial charge in [0.05, 0.1) is 10.6 Å². The largest absolute Gasteiger partial charge is 0.206 e. The molecule has 0 aliphatic rings. The van der Waals surface area contributed by atoms with E-state index in [1.807, 2.05) is 0 Å². The van der Waals surface area contributed by atoms with Crippen molar-refractivity contribution < 1.29 is 4.39 Å². The molecule has 1 aromatic carbocycles. The lowest BCUT2D eigenvalue weighted by molar-refractivity contribution is 0.624. The van der Waals surface area contributed by atoms with Crippen molar-refractivity contribution in [3.05, 3.63) is 34.6 Å². The minimum absolute atomic E-state index is 0.283. The van der Waals surface area contributed by atoms with Gasteiger partial charge in [-0.1, -0.05) is 45.4 Å². The molecule has 0 atom stereocenters. The molecule has 0 N–H and O–H groups in total. The topological polar surface area (TPSA) is 0 Å². The van der Waals surface area contributed by atoms with Gasteiger partial charge in [0, 0.05) is 11.8 Å². The molecule has 0 nitrogen and oxygen atoms in total. The zero-order valence-corrected chi connectivity index (χ0v) is 9.12. The van der Waals surface area contributed by atoms with Crippen LogP contribution in [0.1, 0.15) is 12.0 Å². The molecule has 0 saturated carbocycles. The van der Waals surface area contributed by atoms with Gasteiger partial charge in [-0.3, -0.25) is 0 Å². The van der Waals surface area contributed by atoms with Crippen LogP contribution < -0.4 is 0 Å². The van der Waals surface area contributed by atoms with Crippen LogP contribution in [0.25, 0.3) is 0 Å². The summed E-state index contributed by atoms with van der Waals surface area (Å²) in [6, 6.07) is 4.54. The number of halogens is 3. The van der Waals surface area contributed by atoms with E-state index in [9.17, 15) is 4.39 Å². The number of alkyl halides is 1. The molecule has 0 spiro atoms. The van der Waals surface area contributed by atoms with Gasteiger partial charge in [0.2, 0.25) is 0 Å². The molecule has 0 fully saturated rings. The van der Waals surface area contributed by atoms with Crippen LogP contribution in [-0.2, 0) is 0 Å². The Kier molecular flexibility index (Phi) is 4.27. The fourth-order valence-corrected chi connectivity index (χ4v) is 1.22. The first-order chi connectivity index (χ1) is 6.25. The maximum absolute atomic E-state index is 13.1. The second-order valence-corrected chi connectivity index (χ2v) is 3.54. The van der Waals surface area contributed by atoms with Crippen LogP contribution in [0.2, 0.25) is 5.02 Å². The highest BCUT2D eigenvalue weighted by molar-refractivity contribution is 9.09. The molecule has 0 aliphatic heterocycles. The van der Waals surface area contributed by atoms with Crippen LogP contribution in [0.5, 0.6) is 0 Å². The van der Waals surface area contributed by atoms with Crippen LogP contribution in [0, 0.1) is 17.7 Å². The summed E-state index contributed by atoms with van der Waals surface area (Å²) in [4.78, 5) is 0. The fourth-order valence-electron chi connectivity index (χ4n) is 0.815. The third-order valence-corrected chi connectivity index (χ3v) is 2.11. The summed E-state index contributed by atoms with van der Waals surface area (Å²) in [5.74, 6) is 5.14. The Morgan fingerprint density at radius 2 is 2.23 bits per heavy atom. The van der Waals surface area contributed by atoms with E-state index in [2.05, 4.69) is 27.8 Å². The Labute approximate surface area is 90.2 Å². The van der Waals surface area contributed by atoms with E-state index in [-0.39, 0.29) is 11.4 Å². The van der Waals surface area contributed by atoms with E-state index in [4.69, 9.17) is 11.6 Å². The van der Waals surface area contributed by atoms with E-state index < -0.39 is 0 Å². The molecular formula is C10H7BrClF. The predicted octanol–water partition coefficient (Wildman–Crippen LogP) is 3.62. The van der Waals surface area contributed by atoms with Crippen molar-refractivity contribution in [1.29, 1.82) is 0 Å². The Balaban J connectivity index is 2.95. The van der Waals surface area contributed by atoms with Crippen molar-refractivity contribution in [3.8, 4) is 11.8 Å². The van der Waals surface area contributed by atoms with Crippen LogP contribution in [0.3, 0.4) is 0 Å². The summed E-state index contributed by atoms with van der Waals surface area (Å²) in [6.07, 6.45) is 0.685. The summed E-state index contributed by atoms with van der Waals surface area (Å²) >= 11 is 8.98. The van der Waals surface area contributed by atoms with Crippen LogP contribution in [0.4, 0.5) is 4.39 Å². The number of hydrogen-bond donors (Lipinski definition) is 0. The molecule has 0 radical (unpaired) electrons. The smallest absolute Gasteiger partial charge is 0.140 e. The highest BCUT2D eigenvalue weighted by atomic mass is 79.9. The summed E-state index contributed by atoms with van der Waals surface area (Å²) in [5, 5.41) is 1.15. The summed E-state index contributed by atoms with van der Waals surface area (Å²) in [5.41, 5.74) is 0.283. The molecule has 68 valence electrons. The second kappa shape index (κ2) is 5.26. The third-order valence-electron chi connectivity index (χ3n) is 1.40. The van der Waals surface area contributed by atoms with Crippen molar-refractivity contribution in [3.63, 3.8) is 0 Å². The molecule has 0 amide bonds. The SMILES string of the molecule is Fc1cccc(Cl)c1C#CCCBr. The van der Waals surface area contributed by atoms with E-state index >= 15 is 0 Å². The molecule has 0 aromatic heterocycles. The minimum atomic E-state index is -0.366. The van der Waals surface area contributed by atoms with Crippen molar-refractivity contribution in [2.45, 2.75) is 6.42 Å². The maximum Gasteiger partial charge on any atom is 0.140 e. The van der Waals surface area contributed by atoms with Crippen LogP contribution in [-0.4, -0.2) is 5.33 Å². The van der Waals surface area contributed by atoms with Gasteiger partial charge >= 0.3 is 0 Å². The van der Waals surface area contributed by atoms with Gasteiger partial charge in [0.15, 0.2) is 0 Å². The van der Waals surface area contributed by atoms with E-state index in [0.717, 1.165) is 5.33 Å². The fraction of sp³-hybridized carbons (Fsp3) is 0.200. The molecule has 13 heavy (non-hydrogen) atoms. The number of rotatable bonds is 1. The number of hydrogen-bond acceptors (Lipinski definition) is 0. The Hall–Kier alpha value is -0.520. The first-order valence-corrected chi connectivity index (χ1v) is 5.24. The first-order valence-electron chi connectivity index (χ1n) is 3.74. The normalized spacial score (nSPS) is 9.15. The third kappa shape index (κ3) is 3.02. The van der Waals surface area contributed by atoms with Crippen molar-refractivity contribution >= 4 is 27.5 Å². The quantitative estimate of drug-likeness (QED) is 0.535. The molecule has 1 rings (SSSR count). The van der Waals surface area contributed by atoms with E-state index in [0.29, 0.717) is 11.4 Å². The van der Waals surface area contributed by atoms with E-state index in [1.165, 1.54) is 6.07 Å².